The lowest BCUT2D eigenvalue weighted by Gasteiger charge is -2.13. The standard InChI is InChI=1S/C14H17N7/c1-10(8-12-9-11(2)16-17-12)15-14-18-19-20-21(14)13-6-4-3-5-7-13/h3-7,9-10H,8H2,1-2H3,(H,16,17)(H,15,18,20). The van der Waals surface area contributed by atoms with Crippen LogP contribution in [0, 0.1) is 6.92 Å². The highest BCUT2D eigenvalue weighted by molar-refractivity contribution is 5.38. The molecule has 108 valence electrons. The molecular formula is C14H17N7. The Labute approximate surface area is 122 Å². The molecule has 0 fully saturated rings. The van der Waals surface area contributed by atoms with Crippen molar-refractivity contribution in [1.29, 1.82) is 0 Å². The van der Waals surface area contributed by atoms with Crippen molar-refractivity contribution in [3.8, 4) is 5.69 Å². The molecule has 0 bridgehead atoms. The van der Waals surface area contributed by atoms with Gasteiger partial charge in [0.05, 0.1) is 11.4 Å². The fourth-order valence-electron chi connectivity index (χ4n) is 2.18. The minimum Gasteiger partial charge on any atom is -0.350 e. The molecule has 0 saturated heterocycles. The zero-order chi connectivity index (χ0) is 14.7. The summed E-state index contributed by atoms with van der Waals surface area (Å²) in [5.41, 5.74) is 3.00. The van der Waals surface area contributed by atoms with E-state index in [1.54, 1.807) is 4.68 Å². The molecule has 2 N–H and O–H groups in total. The van der Waals surface area contributed by atoms with Crippen LogP contribution in [-0.2, 0) is 6.42 Å². The van der Waals surface area contributed by atoms with Crippen LogP contribution in [0.25, 0.3) is 5.69 Å². The first-order chi connectivity index (χ1) is 10.2. The second kappa shape index (κ2) is 5.74. The zero-order valence-electron chi connectivity index (χ0n) is 12.0. The van der Waals surface area contributed by atoms with Crippen LogP contribution in [0.2, 0.25) is 0 Å². The molecule has 0 radical (unpaired) electrons. The van der Waals surface area contributed by atoms with E-state index in [4.69, 9.17) is 0 Å². The van der Waals surface area contributed by atoms with Crippen molar-refractivity contribution < 1.29 is 0 Å². The normalized spacial score (nSPS) is 12.3. The van der Waals surface area contributed by atoms with Crippen LogP contribution in [0.3, 0.4) is 0 Å². The van der Waals surface area contributed by atoms with Gasteiger partial charge in [0.1, 0.15) is 0 Å². The van der Waals surface area contributed by atoms with E-state index in [2.05, 4.69) is 38.0 Å². The van der Waals surface area contributed by atoms with Crippen molar-refractivity contribution in [2.24, 2.45) is 0 Å². The Morgan fingerprint density at radius 3 is 2.81 bits per heavy atom. The lowest BCUT2D eigenvalue weighted by molar-refractivity contribution is 0.740. The van der Waals surface area contributed by atoms with Gasteiger partial charge in [-0.1, -0.05) is 23.3 Å². The van der Waals surface area contributed by atoms with Gasteiger partial charge in [0.2, 0.25) is 5.95 Å². The summed E-state index contributed by atoms with van der Waals surface area (Å²) in [5, 5.41) is 22.3. The fraction of sp³-hybridized carbons (Fsp3) is 0.286. The summed E-state index contributed by atoms with van der Waals surface area (Å²) in [6, 6.07) is 12.0. The van der Waals surface area contributed by atoms with Gasteiger partial charge in [-0.2, -0.15) is 9.78 Å². The van der Waals surface area contributed by atoms with Gasteiger partial charge in [-0.05, 0) is 42.5 Å². The number of H-pyrrole nitrogens is 1. The van der Waals surface area contributed by atoms with Crippen LogP contribution in [0.4, 0.5) is 5.95 Å². The minimum atomic E-state index is 0.168. The molecule has 3 rings (SSSR count). The van der Waals surface area contributed by atoms with Gasteiger partial charge in [-0.3, -0.25) is 5.10 Å². The van der Waals surface area contributed by atoms with Crippen LogP contribution < -0.4 is 5.32 Å². The number of hydrogen-bond acceptors (Lipinski definition) is 5. The predicted octanol–water partition coefficient (Wildman–Crippen LogP) is 1.74. The van der Waals surface area contributed by atoms with E-state index >= 15 is 0 Å². The Morgan fingerprint density at radius 1 is 1.29 bits per heavy atom. The van der Waals surface area contributed by atoms with Crippen molar-refractivity contribution >= 4 is 5.95 Å². The fourth-order valence-corrected chi connectivity index (χ4v) is 2.18. The number of tetrazole rings is 1. The average Bonchev–Trinajstić information content (AvgIpc) is 3.09. The smallest absolute Gasteiger partial charge is 0.247 e. The molecule has 0 aliphatic rings. The van der Waals surface area contributed by atoms with Gasteiger partial charge in [-0.15, -0.1) is 0 Å². The summed E-state index contributed by atoms with van der Waals surface area (Å²) >= 11 is 0. The maximum atomic E-state index is 4.24. The van der Waals surface area contributed by atoms with E-state index in [9.17, 15) is 0 Å². The van der Waals surface area contributed by atoms with Crippen LogP contribution in [-0.4, -0.2) is 36.4 Å². The number of aryl methyl sites for hydroxylation is 1. The van der Waals surface area contributed by atoms with E-state index in [0.717, 1.165) is 23.5 Å². The van der Waals surface area contributed by atoms with Gasteiger partial charge in [0.25, 0.3) is 0 Å². The summed E-state index contributed by atoms with van der Waals surface area (Å²) in [4.78, 5) is 0. The van der Waals surface area contributed by atoms with Gasteiger partial charge in [-0.25, -0.2) is 0 Å². The SMILES string of the molecule is Cc1cc(CC(C)Nc2nnnn2-c2ccccc2)n[nH]1. The molecule has 21 heavy (non-hydrogen) atoms. The number of benzene rings is 1. The minimum absolute atomic E-state index is 0.168. The lowest BCUT2D eigenvalue weighted by Crippen LogP contribution is -2.21. The number of para-hydroxylation sites is 1. The van der Waals surface area contributed by atoms with Gasteiger partial charge >= 0.3 is 0 Å². The second-order valence-electron chi connectivity index (χ2n) is 5.04. The second-order valence-corrected chi connectivity index (χ2v) is 5.04. The average molecular weight is 283 g/mol. The third kappa shape index (κ3) is 3.07. The van der Waals surface area contributed by atoms with Crippen LogP contribution in [0.5, 0.6) is 0 Å². The Balaban J connectivity index is 1.72. The Kier molecular flexibility index (Phi) is 3.63. The first-order valence-corrected chi connectivity index (χ1v) is 6.83. The van der Waals surface area contributed by atoms with Crippen molar-refractivity contribution in [1.82, 2.24) is 30.4 Å². The molecule has 1 atom stereocenters. The number of nitrogens with zero attached hydrogens (tertiary/aromatic N) is 5. The third-order valence-corrected chi connectivity index (χ3v) is 3.12. The molecule has 0 aliphatic carbocycles. The molecule has 0 amide bonds. The summed E-state index contributed by atoms with van der Waals surface area (Å²) in [5.74, 6) is 0.626. The predicted molar refractivity (Wildman–Crippen MR) is 79.3 cm³/mol. The molecular weight excluding hydrogens is 266 g/mol. The summed E-state index contributed by atoms with van der Waals surface area (Å²) in [6.07, 6.45) is 0.798. The maximum absolute atomic E-state index is 4.24. The van der Waals surface area contributed by atoms with Crippen LogP contribution in [0.1, 0.15) is 18.3 Å². The maximum Gasteiger partial charge on any atom is 0.247 e. The zero-order valence-corrected chi connectivity index (χ0v) is 12.0. The number of rotatable bonds is 5. The molecule has 1 aromatic carbocycles. The highest BCUT2D eigenvalue weighted by atomic mass is 15.6. The summed E-state index contributed by atoms with van der Waals surface area (Å²) in [7, 11) is 0. The number of aromatic nitrogens is 6. The summed E-state index contributed by atoms with van der Waals surface area (Å²) < 4.78 is 1.69. The largest absolute Gasteiger partial charge is 0.350 e. The molecule has 2 aromatic heterocycles. The molecule has 1 unspecified atom stereocenters. The van der Waals surface area contributed by atoms with Crippen LogP contribution in [0.15, 0.2) is 36.4 Å². The topological polar surface area (TPSA) is 84.3 Å². The first kappa shape index (κ1) is 13.3. The van der Waals surface area contributed by atoms with Crippen molar-refractivity contribution in [3.05, 3.63) is 47.8 Å². The molecule has 7 nitrogen and oxygen atoms in total. The molecule has 7 heteroatoms. The van der Waals surface area contributed by atoms with E-state index in [0.29, 0.717) is 5.95 Å². The third-order valence-electron chi connectivity index (χ3n) is 3.12. The van der Waals surface area contributed by atoms with Crippen LogP contribution >= 0.6 is 0 Å². The highest BCUT2D eigenvalue weighted by Crippen LogP contribution is 2.12. The van der Waals surface area contributed by atoms with Crippen molar-refractivity contribution in [3.63, 3.8) is 0 Å². The number of hydrogen-bond donors (Lipinski definition) is 2. The van der Waals surface area contributed by atoms with E-state index < -0.39 is 0 Å². The monoisotopic (exact) mass is 283 g/mol. The molecule has 0 spiro atoms. The lowest BCUT2D eigenvalue weighted by atomic mass is 10.2. The van der Waals surface area contributed by atoms with Gasteiger partial charge in [0, 0.05) is 18.2 Å². The number of anilines is 1. The Morgan fingerprint density at radius 2 is 2.10 bits per heavy atom. The van der Waals surface area contributed by atoms with Crippen molar-refractivity contribution in [2.75, 3.05) is 5.32 Å². The van der Waals surface area contributed by atoms with Crippen molar-refractivity contribution in [2.45, 2.75) is 26.3 Å². The Bertz CT molecular complexity index is 701. The first-order valence-electron chi connectivity index (χ1n) is 6.83. The van der Waals surface area contributed by atoms with Gasteiger partial charge < -0.3 is 5.32 Å². The van der Waals surface area contributed by atoms with E-state index in [1.807, 2.05) is 43.3 Å². The molecule has 0 saturated carbocycles. The number of nitrogens with one attached hydrogen (secondary N) is 2. The van der Waals surface area contributed by atoms with E-state index in [-0.39, 0.29) is 6.04 Å². The van der Waals surface area contributed by atoms with Gasteiger partial charge in [0.15, 0.2) is 0 Å². The Hall–Kier alpha value is -2.70. The van der Waals surface area contributed by atoms with E-state index in [1.165, 1.54) is 0 Å². The molecule has 0 aliphatic heterocycles. The number of aromatic amines is 1. The quantitative estimate of drug-likeness (QED) is 0.745. The summed E-state index contributed by atoms with van der Waals surface area (Å²) in [6.45, 7) is 4.07. The highest BCUT2D eigenvalue weighted by Gasteiger charge is 2.12. The molecule has 2 heterocycles. The molecule has 3 aromatic rings.